The Balaban J connectivity index is 4.31. The Morgan fingerprint density at radius 1 is 0.365 bits per heavy atom. The summed E-state index contributed by atoms with van der Waals surface area (Å²) in [6, 6.07) is 0. The first-order chi connectivity index (χ1) is 25.2. The van der Waals surface area contributed by atoms with Crippen LogP contribution in [0.25, 0.3) is 0 Å². The first-order valence-electron chi connectivity index (χ1n) is 22.7. The Labute approximate surface area is 323 Å². The highest BCUT2D eigenvalue weighted by Crippen LogP contribution is 2.16. The average molecular weight is 737 g/mol. The van der Waals surface area contributed by atoms with Crippen LogP contribution in [0.1, 0.15) is 247 Å². The number of carbonyl (C=O) groups excluding carboxylic acids is 3. The van der Waals surface area contributed by atoms with E-state index in [0.29, 0.717) is 19.3 Å². The summed E-state index contributed by atoms with van der Waals surface area (Å²) in [4.78, 5) is 37.6. The topological polar surface area (TPSA) is 78.9 Å². The van der Waals surface area contributed by atoms with Gasteiger partial charge in [-0.1, -0.05) is 208 Å². The monoisotopic (exact) mass is 737 g/mol. The highest BCUT2D eigenvalue weighted by molar-refractivity contribution is 5.71. The van der Waals surface area contributed by atoms with Gasteiger partial charge in [0.2, 0.25) is 0 Å². The van der Waals surface area contributed by atoms with Crippen molar-refractivity contribution < 1.29 is 28.6 Å². The number of unbranched alkanes of at least 4 members (excludes halogenated alkanes) is 25. The molecule has 0 heterocycles. The van der Waals surface area contributed by atoms with E-state index in [0.717, 1.165) is 69.6 Å². The van der Waals surface area contributed by atoms with Crippen LogP contribution in [0, 0.1) is 11.8 Å². The molecule has 0 N–H and O–H groups in total. The highest BCUT2D eigenvalue weighted by Gasteiger charge is 2.19. The molecule has 6 heteroatoms. The summed E-state index contributed by atoms with van der Waals surface area (Å²) in [5.41, 5.74) is 0. The van der Waals surface area contributed by atoms with Crippen LogP contribution in [0.2, 0.25) is 0 Å². The molecule has 0 aliphatic rings. The summed E-state index contributed by atoms with van der Waals surface area (Å²) < 4.78 is 16.7. The van der Waals surface area contributed by atoms with E-state index in [1.807, 2.05) is 0 Å². The lowest BCUT2D eigenvalue weighted by Crippen LogP contribution is -2.30. The maximum absolute atomic E-state index is 12.7. The van der Waals surface area contributed by atoms with Crippen LogP contribution < -0.4 is 0 Å². The zero-order valence-corrected chi connectivity index (χ0v) is 35.4. The molecule has 52 heavy (non-hydrogen) atoms. The number of ether oxygens (including phenoxy) is 3. The van der Waals surface area contributed by atoms with E-state index in [-0.39, 0.29) is 31.1 Å². The van der Waals surface area contributed by atoms with Gasteiger partial charge in [0.1, 0.15) is 13.2 Å². The molecule has 6 nitrogen and oxygen atoms in total. The van der Waals surface area contributed by atoms with Crippen LogP contribution in [-0.4, -0.2) is 37.2 Å². The lowest BCUT2D eigenvalue weighted by atomic mass is 10.0. The molecule has 0 aromatic rings. The fraction of sp³-hybridized carbons (Fsp3) is 0.935. The van der Waals surface area contributed by atoms with Crippen molar-refractivity contribution in [3.8, 4) is 0 Å². The van der Waals surface area contributed by atoms with Crippen LogP contribution in [0.3, 0.4) is 0 Å². The molecule has 0 aliphatic carbocycles. The largest absolute Gasteiger partial charge is 0.462 e. The van der Waals surface area contributed by atoms with Crippen molar-refractivity contribution >= 4 is 17.9 Å². The molecule has 0 radical (unpaired) electrons. The van der Waals surface area contributed by atoms with Crippen LogP contribution in [0.15, 0.2) is 0 Å². The zero-order chi connectivity index (χ0) is 38.3. The minimum atomic E-state index is -0.760. The van der Waals surface area contributed by atoms with Gasteiger partial charge < -0.3 is 14.2 Å². The van der Waals surface area contributed by atoms with Gasteiger partial charge in [-0.2, -0.15) is 0 Å². The molecule has 0 aromatic carbocycles. The first-order valence-corrected chi connectivity index (χ1v) is 22.7. The minimum Gasteiger partial charge on any atom is -0.462 e. The van der Waals surface area contributed by atoms with Crippen molar-refractivity contribution in [2.45, 2.75) is 253 Å². The Bertz CT molecular complexity index is 794. The fourth-order valence-corrected chi connectivity index (χ4v) is 6.75. The van der Waals surface area contributed by atoms with Crippen LogP contribution in [0.5, 0.6) is 0 Å². The molecule has 0 rings (SSSR count). The van der Waals surface area contributed by atoms with Crippen molar-refractivity contribution in [2.24, 2.45) is 11.8 Å². The number of carbonyl (C=O) groups is 3. The first kappa shape index (κ1) is 50.4. The summed E-state index contributed by atoms with van der Waals surface area (Å²) in [6.07, 6.45) is 36.7. The highest BCUT2D eigenvalue weighted by atomic mass is 16.6. The third-order valence-electron chi connectivity index (χ3n) is 10.2. The molecular weight excluding hydrogens is 648 g/mol. The third-order valence-corrected chi connectivity index (χ3v) is 10.2. The second-order valence-corrected chi connectivity index (χ2v) is 16.6. The summed E-state index contributed by atoms with van der Waals surface area (Å²) in [7, 11) is 0. The maximum atomic E-state index is 12.7. The normalized spacial score (nSPS) is 12.1. The summed E-state index contributed by atoms with van der Waals surface area (Å²) >= 11 is 0. The van der Waals surface area contributed by atoms with Gasteiger partial charge in [0, 0.05) is 19.3 Å². The Kier molecular flexibility index (Phi) is 37.9. The summed E-state index contributed by atoms with van der Waals surface area (Å²) in [5.74, 6) is 0.743. The standard InChI is InChI=1S/C46H88O6/c1-6-7-8-9-10-11-16-21-26-31-36-44(47)50-39-43(52-46(49)38-33-28-23-18-20-25-30-35-42(4)5)40-51-45(48)37-32-27-22-17-14-12-13-15-19-24-29-34-41(2)3/h41-43H,6-40H2,1-5H3/t43-/m0/s1. The lowest BCUT2D eigenvalue weighted by molar-refractivity contribution is -0.167. The van der Waals surface area contributed by atoms with E-state index >= 15 is 0 Å². The molecule has 0 bridgehead atoms. The molecule has 0 saturated heterocycles. The molecule has 0 aliphatic heterocycles. The second kappa shape index (κ2) is 39.1. The van der Waals surface area contributed by atoms with E-state index in [1.54, 1.807) is 0 Å². The number of rotatable bonds is 40. The summed E-state index contributed by atoms with van der Waals surface area (Å²) in [5, 5.41) is 0. The van der Waals surface area contributed by atoms with Crippen molar-refractivity contribution in [3.63, 3.8) is 0 Å². The molecule has 308 valence electrons. The fourth-order valence-electron chi connectivity index (χ4n) is 6.75. The van der Waals surface area contributed by atoms with Gasteiger partial charge in [0.05, 0.1) is 0 Å². The molecule has 0 amide bonds. The Morgan fingerprint density at radius 2 is 0.635 bits per heavy atom. The van der Waals surface area contributed by atoms with Gasteiger partial charge in [0.15, 0.2) is 6.10 Å². The zero-order valence-electron chi connectivity index (χ0n) is 35.4. The SMILES string of the molecule is CCCCCCCCCCCCC(=O)OC[C@@H](COC(=O)CCCCCCCCCCCCCC(C)C)OC(=O)CCCCCCCCCC(C)C. The molecule has 0 unspecified atom stereocenters. The van der Waals surface area contributed by atoms with Crippen molar-refractivity contribution in [3.05, 3.63) is 0 Å². The van der Waals surface area contributed by atoms with E-state index in [4.69, 9.17) is 14.2 Å². The number of hydrogen-bond donors (Lipinski definition) is 0. The molecule has 0 fully saturated rings. The van der Waals surface area contributed by atoms with Gasteiger partial charge in [-0.3, -0.25) is 14.4 Å². The average Bonchev–Trinajstić information content (AvgIpc) is 3.11. The maximum Gasteiger partial charge on any atom is 0.306 e. The predicted molar refractivity (Wildman–Crippen MR) is 220 cm³/mol. The van der Waals surface area contributed by atoms with Crippen molar-refractivity contribution in [1.82, 2.24) is 0 Å². The van der Waals surface area contributed by atoms with Crippen LogP contribution in [0.4, 0.5) is 0 Å². The Hall–Kier alpha value is -1.59. The van der Waals surface area contributed by atoms with Gasteiger partial charge in [-0.05, 0) is 31.1 Å². The number of hydrogen-bond acceptors (Lipinski definition) is 6. The predicted octanol–water partition coefficient (Wildman–Crippen LogP) is 14.2. The quantitative estimate of drug-likeness (QED) is 0.0354. The van der Waals surface area contributed by atoms with Gasteiger partial charge in [0.25, 0.3) is 0 Å². The van der Waals surface area contributed by atoms with E-state index < -0.39 is 6.10 Å². The molecule has 1 atom stereocenters. The van der Waals surface area contributed by atoms with Crippen molar-refractivity contribution in [1.29, 1.82) is 0 Å². The van der Waals surface area contributed by atoms with E-state index in [2.05, 4.69) is 34.6 Å². The lowest BCUT2D eigenvalue weighted by Gasteiger charge is -2.18. The van der Waals surface area contributed by atoms with Crippen LogP contribution in [-0.2, 0) is 28.6 Å². The molecule has 0 saturated carbocycles. The molecule has 0 spiro atoms. The van der Waals surface area contributed by atoms with Gasteiger partial charge >= 0.3 is 17.9 Å². The third kappa shape index (κ3) is 39.6. The molecule has 0 aromatic heterocycles. The van der Waals surface area contributed by atoms with E-state index in [1.165, 1.54) is 135 Å². The summed E-state index contributed by atoms with van der Waals surface area (Å²) in [6.45, 7) is 11.3. The van der Waals surface area contributed by atoms with E-state index in [9.17, 15) is 14.4 Å². The van der Waals surface area contributed by atoms with Crippen LogP contribution >= 0.6 is 0 Å². The second-order valence-electron chi connectivity index (χ2n) is 16.6. The van der Waals surface area contributed by atoms with Crippen molar-refractivity contribution in [2.75, 3.05) is 13.2 Å². The van der Waals surface area contributed by atoms with Gasteiger partial charge in [-0.25, -0.2) is 0 Å². The number of esters is 3. The Morgan fingerprint density at radius 3 is 0.942 bits per heavy atom. The minimum absolute atomic E-state index is 0.0655. The molecular formula is C46H88O6. The van der Waals surface area contributed by atoms with Gasteiger partial charge in [-0.15, -0.1) is 0 Å². The smallest absolute Gasteiger partial charge is 0.306 e.